The predicted molar refractivity (Wildman–Crippen MR) is 78.8 cm³/mol. The minimum Gasteiger partial charge on any atom is -0.356 e. The molecule has 2 heterocycles. The molecule has 1 N–H and O–H groups in total. The lowest BCUT2D eigenvalue weighted by Gasteiger charge is -2.35. The van der Waals surface area contributed by atoms with E-state index < -0.39 is 24.0 Å². The van der Waals surface area contributed by atoms with Gasteiger partial charge in [0.1, 0.15) is 6.04 Å². The summed E-state index contributed by atoms with van der Waals surface area (Å²) < 4.78 is 37.9. The van der Waals surface area contributed by atoms with E-state index in [4.69, 9.17) is 0 Å². The van der Waals surface area contributed by atoms with Crippen LogP contribution in [0.15, 0.2) is 0 Å². The maximum absolute atomic E-state index is 12.6. The number of amides is 3. The fourth-order valence-corrected chi connectivity index (χ4v) is 3.32. The smallest absolute Gasteiger partial charge is 0.356 e. The normalized spacial score (nSPS) is 22.6. The van der Waals surface area contributed by atoms with E-state index >= 15 is 0 Å². The minimum absolute atomic E-state index is 0.0515. The van der Waals surface area contributed by atoms with Crippen LogP contribution in [0.4, 0.5) is 13.2 Å². The topological polar surface area (TPSA) is 69.7 Å². The van der Waals surface area contributed by atoms with Gasteiger partial charge in [-0.2, -0.15) is 13.2 Å². The molecule has 3 amide bonds. The van der Waals surface area contributed by atoms with Crippen molar-refractivity contribution in [2.45, 2.75) is 44.8 Å². The molecular weight excluding hydrogens is 327 g/mol. The van der Waals surface area contributed by atoms with Crippen molar-refractivity contribution < 1.29 is 27.6 Å². The SMILES string of the molecule is CCNC(=O)C1CCN(C(=O)C2CCCN2C(=O)C(F)(F)F)CC1. The van der Waals surface area contributed by atoms with Gasteiger partial charge >= 0.3 is 12.1 Å². The van der Waals surface area contributed by atoms with E-state index in [2.05, 4.69) is 5.32 Å². The average molecular weight is 349 g/mol. The van der Waals surface area contributed by atoms with Gasteiger partial charge in [0.2, 0.25) is 11.8 Å². The molecule has 0 spiro atoms. The van der Waals surface area contributed by atoms with Gasteiger partial charge in [-0.25, -0.2) is 0 Å². The molecule has 136 valence electrons. The molecule has 0 aliphatic carbocycles. The van der Waals surface area contributed by atoms with Gasteiger partial charge in [0.25, 0.3) is 0 Å². The first-order chi connectivity index (χ1) is 11.3. The lowest BCUT2D eigenvalue weighted by Crippen LogP contribution is -2.53. The third-order valence-corrected chi connectivity index (χ3v) is 4.57. The number of hydrogen-bond donors (Lipinski definition) is 1. The van der Waals surface area contributed by atoms with Crippen molar-refractivity contribution >= 4 is 17.7 Å². The zero-order valence-corrected chi connectivity index (χ0v) is 13.6. The number of nitrogens with one attached hydrogen (secondary N) is 1. The highest BCUT2D eigenvalue weighted by Crippen LogP contribution is 2.28. The standard InChI is InChI=1S/C15H22F3N3O3/c1-2-19-12(22)10-5-8-20(9-6-10)13(23)11-4-3-7-21(11)14(24)15(16,17)18/h10-11H,2-9H2,1H3,(H,19,22). The van der Waals surface area contributed by atoms with Crippen molar-refractivity contribution in [3.63, 3.8) is 0 Å². The summed E-state index contributed by atoms with van der Waals surface area (Å²) in [6.07, 6.45) is -3.37. The summed E-state index contributed by atoms with van der Waals surface area (Å²) in [5, 5.41) is 2.73. The number of rotatable bonds is 3. The van der Waals surface area contributed by atoms with Crippen LogP contribution in [0, 0.1) is 5.92 Å². The number of halogens is 3. The Morgan fingerprint density at radius 2 is 1.71 bits per heavy atom. The van der Waals surface area contributed by atoms with Gasteiger partial charge in [0.05, 0.1) is 0 Å². The van der Waals surface area contributed by atoms with Crippen LogP contribution >= 0.6 is 0 Å². The lowest BCUT2D eigenvalue weighted by atomic mass is 9.95. The second kappa shape index (κ2) is 7.40. The lowest BCUT2D eigenvalue weighted by molar-refractivity contribution is -0.187. The van der Waals surface area contributed by atoms with Gasteiger partial charge < -0.3 is 15.1 Å². The van der Waals surface area contributed by atoms with E-state index in [0.29, 0.717) is 43.8 Å². The average Bonchev–Trinajstić information content (AvgIpc) is 3.02. The largest absolute Gasteiger partial charge is 0.471 e. The van der Waals surface area contributed by atoms with Crippen LogP contribution in [0.5, 0.6) is 0 Å². The Balaban J connectivity index is 1.95. The number of carbonyl (C=O) groups is 3. The van der Waals surface area contributed by atoms with Crippen LogP contribution < -0.4 is 5.32 Å². The summed E-state index contributed by atoms with van der Waals surface area (Å²) in [5.41, 5.74) is 0. The molecule has 0 radical (unpaired) electrons. The van der Waals surface area contributed by atoms with Crippen molar-refractivity contribution in [2.24, 2.45) is 5.92 Å². The molecule has 2 saturated heterocycles. The molecule has 24 heavy (non-hydrogen) atoms. The van der Waals surface area contributed by atoms with E-state index in [0.717, 1.165) is 0 Å². The van der Waals surface area contributed by atoms with Gasteiger partial charge in [-0.1, -0.05) is 0 Å². The van der Waals surface area contributed by atoms with Gasteiger partial charge in [0.15, 0.2) is 0 Å². The maximum Gasteiger partial charge on any atom is 0.471 e. The molecule has 0 aromatic carbocycles. The summed E-state index contributed by atoms with van der Waals surface area (Å²) in [7, 11) is 0. The van der Waals surface area contributed by atoms with Crippen molar-refractivity contribution in [2.75, 3.05) is 26.2 Å². The van der Waals surface area contributed by atoms with Crippen molar-refractivity contribution in [3.8, 4) is 0 Å². The molecule has 1 unspecified atom stereocenters. The van der Waals surface area contributed by atoms with Gasteiger partial charge in [-0.05, 0) is 32.6 Å². The first-order valence-corrected chi connectivity index (χ1v) is 8.20. The van der Waals surface area contributed by atoms with Crippen LogP contribution in [0.25, 0.3) is 0 Å². The molecule has 9 heteroatoms. The molecule has 2 aliphatic rings. The second-order valence-electron chi connectivity index (χ2n) is 6.15. The van der Waals surface area contributed by atoms with Crippen molar-refractivity contribution in [1.29, 1.82) is 0 Å². The fourth-order valence-electron chi connectivity index (χ4n) is 3.32. The van der Waals surface area contributed by atoms with E-state index in [9.17, 15) is 27.6 Å². The van der Waals surface area contributed by atoms with Crippen LogP contribution in [-0.4, -0.2) is 65.9 Å². The number of alkyl halides is 3. The van der Waals surface area contributed by atoms with Crippen LogP contribution in [-0.2, 0) is 14.4 Å². The first kappa shape index (κ1) is 18.5. The monoisotopic (exact) mass is 349 g/mol. The highest BCUT2D eigenvalue weighted by atomic mass is 19.4. The van der Waals surface area contributed by atoms with Gasteiger partial charge in [-0.3, -0.25) is 14.4 Å². The Kier molecular flexibility index (Phi) is 5.71. The zero-order valence-electron chi connectivity index (χ0n) is 13.6. The van der Waals surface area contributed by atoms with Crippen LogP contribution in [0.1, 0.15) is 32.6 Å². The molecule has 0 bridgehead atoms. The molecule has 0 aromatic heterocycles. The molecule has 2 rings (SSSR count). The molecule has 2 aliphatic heterocycles. The maximum atomic E-state index is 12.6. The minimum atomic E-state index is -4.96. The molecule has 0 aromatic rings. The molecule has 1 atom stereocenters. The molecule has 2 fully saturated rings. The number of piperidine rings is 1. The Morgan fingerprint density at radius 3 is 2.25 bits per heavy atom. The van der Waals surface area contributed by atoms with Crippen molar-refractivity contribution in [1.82, 2.24) is 15.1 Å². The van der Waals surface area contributed by atoms with Gasteiger partial charge in [-0.15, -0.1) is 0 Å². The Hall–Kier alpha value is -1.80. The van der Waals surface area contributed by atoms with E-state index in [1.807, 2.05) is 6.92 Å². The predicted octanol–water partition coefficient (Wildman–Crippen LogP) is 0.914. The number of nitrogens with zero attached hydrogens (tertiary/aromatic N) is 2. The molecule has 6 nitrogen and oxygen atoms in total. The summed E-state index contributed by atoms with van der Waals surface area (Å²) in [5.74, 6) is -2.63. The summed E-state index contributed by atoms with van der Waals surface area (Å²) >= 11 is 0. The second-order valence-corrected chi connectivity index (χ2v) is 6.15. The highest BCUT2D eigenvalue weighted by Gasteiger charge is 2.48. The Morgan fingerprint density at radius 1 is 1.08 bits per heavy atom. The van der Waals surface area contributed by atoms with Crippen LogP contribution in [0.3, 0.4) is 0 Å². The quantitative estimate of drug-likeness (QED) is 0.824. The number of hydrogen-bond acceptors (Lipinski definition) is 3. The molecule has 0 saturated carbocycles. The Bertz CT molecular complexity index is 502. The highest BCUT2D eigenvalue weighted by molar-refractivity contribution is 5.90. The summed E-state index contributed by atoms with van der Waals surface area (Å²) in [4.78, 5) is 37.9. The summed E-state index contributed by atoms with van der Waals surface area (Å²) in [6, 6.07) is -1.04. The molecular formula is C15H22F3N3O3. The van der Waals surface area contributed by atoms with Crippen LogP contribution in [0.2, 0.25) is 0 Å². The summed E-state index contributed by atoms with van der Waals surface area (Å²) in [6.45, 7) is 2.96. The van der Waals surface area contributed by atoms with E-state index in [-0.39, 0.29) is 24.8 Å². The van der Waals surface area contributed by atoms with E-state index in [1.165, 1.54) is 4.90 Å². The number of likely N-dealkylation sites (tertiary alicyclic amines) is 2. The van der Waals surface area contributed by atoms with E-state index in [1.54, 1.807) is 0 Å². The third kappa shape index (κ3) is 3.99. The third-order valence-electron chi connectivity index (χ3n) is 4.57. The zero-order chi connectivity index (χ0) is 17.9. The first-order valence-electron chi connectivity index (χ1n) is 8.20. The fraction of sp³-hybridized carbons (Fsp3) is 0.800. The van der Waals surface area contributed by atoms with Crippen molar-refractivity contribution in [3.05, 3.63) is 0 Å². The number of carbonyl (C=O) groups excluding carboxylic acids is 3. The van der Waals surface area contributed by atoms with Gasteiger partial charge in [0, 0.05) is 32.1 Å². The Labute approximate surface area is 138 Å².